The minimum absolute atomic E-state index is 0.0688. The average Bonchev–Trinajstić information content (AvgIpc) is 2.92. The zero-order valence-electron chi connectivity index (χ0n) is 11.2. The maximum atomic E-state index is 12.3. The van der Waals surface area contributed by atoms with Crippen LogP contribution in [-0.2, 0) is 0 Å². The molecule has 0 amide bonds. The lowest BCUT2D eigenvalue weighted by molar-refractivity contribution is 0.152. The summed E-state index contributed by atoms with van der Waals surface area (Å²) < 4.78 is 1.82. The molecule has 5 heteroatoms. The molecular formula is C14H18ClN3O. The molecule has 1 atom stereocenters. The molecule has 1 saturated heterocycles. The number of rotatable bonds is 2. The van der Waals surface area contributed by atoms with Crippen LogP contribution < -0.4 is 5.69 Å². The van der Waals surface area contributed by atoms with E-state index in [1.807, 2.05) is 22.8 Å². The van der Waals surface area contributed by atoms with Crippen molar-refractivity contribution >= 4 is 22.6 Å². The quantitative estimate of drug-likeness (QED) is 0.918. The van der Waals surface area contributed by atoms with E-state index in [9.17, 15) is 4.79 Å². The van der Waals surface area contributed by atoms with Gasteiger partial charge in [0.2, 0.25) is 0 Å². The molecule has 0 radical (unpaired) electrons. The highest BCUT2D eigenvalue weighted by molar-refractivity contribution is 6.34. The number of halogens is 1. The molecular weight excluding hydrogens is 262 g/mol. The third-order valence-electron chi connectivity index (χ3n) is 3.91. The van der Waals surface area contributed by atoms with Crippen molar-refractivity contribution in [2.45, 2.75) is 38.9 Å². The van der Waals surface area contributed by atoms with Crippen molar-refractivity contribution in [3.63, 3.8) is 0 Å². The van der Waals surface area contributed by atoms with Crippen LogP contribution in [0.25, 0.3) is 11.0 Å². The second-order valence-electron chi connectivity index (χ2n) is 5.39. The number of H-pyrrole nitrogens is 1. The van der Waals surface area contributed by atoms with E-state index in [0.717, 1.165) is 30.4 Å². The van der Waals surface area contributed by atoms with Gasteiger partial charge in [0.25, 0.3) is 0 Å². The Morgan fingerprint density at radius 1 is 1.42 bits per heavy atom. The van der Waals surface area contributed by atoms with Gasteiger partial charge in [-0.1, -0.05) is 17.7 Å². The van der Waals surface area contributed by atoms with Gasteiger partial charge in [0.05, 0.1) is 22.2 Å². The van der Waals surface area contributed by atoms with Gasteiger partial charge in [-0.2, -0.15) is 0 Å². The molecule has 19 heavy (non-hydrogen) atoms. The predicted molar refractivity (Wildman–Crippen MR) is 77.7 cm³/mol. The fourth-order valence-electron chi connectivity index (χ4n) is 3.07. The van der Waals surface area contributed by atoms with Gasteiger partial charge >= 0.3 is 5.69 Å². The second kappa shape index (κ2) is 4.69. The number of benzene rings is 1. The van der Waals surface area contributed by atoms with Crippen molar-refractivity contribution in [2.75, 3.05) is 6.54 Å². The number of aromatic nitrogens is 2. The van der Waals surface area contributed by atoms with Crippen LogP contribution in [0.15, 0.2) is 23.0 Å². The van der Waals surface area contributed by atoms with E-state index in [2.05, 4.69) is 23.7 Å². The summed E-state index contributed by atoms with van der Waals surface area (Å²) in [6, 6.07) is 6.02. The topological polar surface area (TPSA) is 41.0 Å². The van der Waals surface area contributed by atoms with E-state index in [1.165, 1.54) is 0 Å². The molecule has 1 unspecified atom stereocenters. The largest absolute Gasteiger partial charge is 0.327 e. The van der Waals surface area contributed by atoms with Crippen molar-refractivity contribution in [1.29, 1.82) is 0 Å². The summed E-state index contributed by atoms with van der Waals surface area (Å²) in [6.45, 7) is 5.37. The molecule has 1 N–H and O–H groups in total. The van der Waals surface area contributed by atoms with Gasteiger partial charge in [0.15, 0.2) is 0 Å². The Morgan fingerprint density at radius 3 is 2.95 bits per heavy atom. The molecule has 2 heterocycles. The van der Waals surface area contributed by atoms with Crippen molar-refractivity contribution in [2.24, 2.45) is 0 Å². The fourth-order valence-corrected chi connectivity index (χ4v) is 3.34. The first-order valence-corrected chi connectivity index (χ1v) is 7.12. The van der Waals surface area contributed by atoms with E-state index in [4.69, 9.17) is 11.6 Å². The van der Waals surface area contributed by atoms with E-state index in [0.29, 0.717) is 11.1 Å². The molecule has 2 aromatic rings. The molecule has 0 spiro atoms. The third-order valence-corrected chi connectivity index (χ3v) is 4.22. The fraction of sp³-hybridized carbons (Fsp3) is 0.500. The van der Waals surface area contributed by atoms with Crippen molar-refractivity contribution < 1.29 is 0 Å². The van der Waals surface area contributed by atoms with Gasteiger partial charge in [-0.05, 0) is 38.8 Å². The molecule has 102 valence electrons. The second-order valence-corrected chi connectivity index (χ2v) is 5.80. The highest BCUT2D eigenvalue weighted by Crippen LogP contribution is 2.32. The minimum Gasteiger partial charge on any atom is -0.305 e. The molecule has 1 fully saturated rings. The van der Waals surface area contributed by atoms with Gasteiger partial charge in [-0.3, -0.25) is 9.47 Å². The van der Waals surface area contributed by atoms with Crippen LogP contribution in [0, 0.1) is 0 Å². The van der Waals surface area contributed by atoms with Crippen LogP contribution in [0.3, 0.4) is 0 Å². The summed E-state index contributed by atoms with van der Waals surface area (Å²) in [5.74, 6) is 0. The maximum Gasteiger partial charge on any atom is 0.327 e. The summed E-state index contributed by atoms with van der Waals surface area (Å²) in [6.07, 6.45) is 2.23. The van der Waals surface area contributed by atoms with Gasteiger partial charge in [0.1, 0.15) is 0 Å². The Hall–Kier alpha value is -1.26. The first kappa shape index (κ1) is 12.8. The van der Waals surface area contributed by atoms with Crippen molar-refractivity contribution in [3.05, 3.63) is 33.7 Å². The number of fused-ring (bicyclic) bond motifs is 1. The lowest BCUT2D eigenvalue weighted by Crippen LogP contribution is -2.37. The minimum atomic E-state index is -0.0688. The lowest BCUT2D eigenvalue weighted by atomic mass is 10.2. The van der Waals surface area contributed by atoms with Gasteiger partial charge in [0, 0.05) is 12.6 Å². The molecule has 1 aromatic carbocycles. The molecule has 0 aliphatic carbocycles. The van der Waals surface area contributed by atoms with Crippen LogP contribution in [0.5, 0.6) is 0 Å². The van der Waals surface area contributed by atoms with Crippen LogP contribution in [0.1, 0.15) is 32.9 Å². The summed E-state index contributed by atoms with van der Waals surface area (Å²) in [5, 5.41) is 0.631. The van der Waals surface area contributed by atoms with Gasteiger partial charge < -0.3 is 4.98 Å². The lowest BCUT2D eigenvalue weighted by Gasteiger charge is -2.29. The van der Waals surface area contributed by atoms with Gasteiger partial charge in [-0.25, -0.2) is 4.79 Å². The molecule has 1 aliphatic heterocycles. The SMILES string of the molecule is CC(C)N1CCCC1n1c(=O)[nH]c2cccc(Cl)c21. The standard InChI is InChI=1S/C14H18ClN3O/c1-9(2)17-8-4-7-12(17)18-13-10(15)5-3-6-11(13)16-14(18)19/h3,5-6,9,12H,4,7-8H2,1-2H3,(H,16,19). The first-order valence-electron chi connectivity index (χ1n) is 6.74. The zero-order chi connectivity index (χ0) is 13.6. The highest BCUT2D eigenvalue weighted by Gasteiger charge is 2.30. The third kappa shape index (κ3) is 1.99. The summed E-state index contributed by atoms with van der Waals surface area (Å²) in [4.78, 5) is 17.5. The summed E-state index contributed by atoms with van der Waals surface area (Å²) in [7, 11) is 0. The Labute approximate surface area is 117 Å². The van der Waals surface area contributed by atoms with E-state index in [1.54, 1.807) is 0 Å². The molecule has 4 nitrogen and oxygen atoms in total. The number of nitrogens with one attached hydrogen (secondary N) is 1. The average molecular weight is 280 g/mol. The number of likely N-dealkylation sites (tertiary alicyclic amines) is 1. The number of hydrogen-bond donors (Lipinski definition) is 1. The van der Waals surface area contributed by atoms with E-state index >= 15 is 0 Å². The molecule has 1 aromatic heterocycles. The Bertz CT molecular complexity index is 658. The number of nitrogens with zero attached hydrogens (tertiary/aromatic N) is 2. The highest BCUT2D eigenvalue weighted by atomic mass is 35.5. The zero-order valence-corrected chi connectivity index (χ0v) is 11.9. The summed E-state index contributed by atoms with van der Waals surface area (Å²) >= 11 is 6.28. The van der Waals surface area contributed by atoms with Crippen molar-refractivity contribution in [3.8, 4) is 0 Å². The normalized spacial score (nSPS) is 20.7. The van der Waals surface area contributed by atoms with E-state index in [-0.39, 0.29) is 11.9 Å². The Balaban J connectivity index is 2.20. The Kier molecular flexibility index (Phi) is 3.15. The van der Waals surface area contributed by atoms with Crippen molar-refractivity contribution in [1.82, 2.24) is 14.5 Å². The van der Waals surface area contributed by atoms with Crippen LogP contribution >= 0.6 is 11.6 Å². The molecule has 0 saturated carbocycles. The smallest absolute Gasteiger partial charge is 0.305 e. The van der Waals surface area contributed by atoms with Gasteiger partial charge in [-0.15, -0.1) is 0 Å². The maximum absolute atomic E-state index is 12.3. The molecule has 0 bridgehead atoms. The number of imidazole rings is 1. The molecule has 1 aliphatic rings. The number of aromatic amines is 1. The number of hydrogen-bond acceptors (Lipinski definition) is 2. The first-order chi connectivity index (χ1) is 9.09. The Morgan fingerprint density at radius 2 is 2.21 bits per heavy atom. The predicted octanol–water partition coefficient (Wildman–Crippen LogP) is 2.99. The van der Waals surface area contributed by atoms with Crippen LogP contribution in [-0.4, -0.2) is 27.0 Å². The van der Waals surface area contributed by atoms with E-state index < -0.39 is 0 Å². The van der Waals surface area contributed by atoms with Crippen LogP contribution in [0.2, 0.25) is 5.02 Å². The molecule has 3 rings (SSSR count). The number of para-hydroxylation sites is 1. The summed E-state index contributed by atoms with van der Waals surface area (Å²) in [5.41, 5.74) is 1.57. The van der Waals surface area contributed by atoms with Crippen LogP contribution in [0.4, 0.5) is 0 Å². The monoisotopic (exact) mass is 279 g/mol.